The summed E-state index contributed by atoms with van der Waals surface area (Å²) in [6.07, 6.45) is 0. The van der Waals surface area contributed by atoms with Crippen molar-refractivity contribution in [2.45, 2.75) is 6.92 Å². The van der Waals surface area contributed by atoms with Gasteiger partial charge in [-0.05, 0) is 18.4 Å². The Morgan fingerprint density at radius 2 is 1.72 bits per heavy atom. The maximum Gasteiger partial charge on any atom is 0.102 e. The molecule has 1 aromatic heterocycles. The summed E-state index contributed by atoms with van der Waals surface area (Å²) in [5.41, 5.74) is 2.15. The first-order chi connectivity index (χ1) is 8.79. The Bertz CT molecular complexity index is 763. The highest BCUT2D eigenvalue weighted by atomic mass is 16.4. The topological polar surface area (TPSA) is 45.5 Å². The van der Waals surface area contributed by atoms with Crippen molar-refractivity contribution < 1.29 is 5.21 Å². The van der Waals surface area contributed by atoms with Gasteiger partial charge in [-0.15, -0.1) is 0 Å². The van der Waals surface area contributed by atoms with E-state index in [1.165, 1.54) is 0 Å². The molecule has 2 aromatic carbocycles. The highest BCUT2D eigenvalue weighted by Crippen LogP contribution is 2.23. The Kier molecular flexibility index (Phi) is 2.45. The zero-order chi connectivity index (χ0) is 12.5. The number of nitrogens with zero attached hydrogens (tertiary/aromatic N) is 2. The van der Waals surface area contributed by atoms with Gasteiger partial charge in [0.2, 0.25) is 0 Å². The van der Waals surface area contributed by atoms with E-state index in [1.807, 2.05) is 24.3 Å². The van der Waals surface area contributed by atoms with Crippen LogP contribution in [0.4, 0.5) is 0 Å². The van der Waals surface area contributed by atoms with Gasteiger partial charge in [0.05, 0.1) is 11.2 Å². The van der Waals surface area contributed by atoms with E-state index in [4.69, 9.17) is 5.21 Å². The van der Waals surface area contributed by atoms with Gasteiger partial charge >= 0.3 is 0 Å². The van der Waals surface area contributed by atoms with Crippen LogP contribution in [0.15, 0.2) is 53.7 Å². The molecular weight excluding hydrogens is 224 g/mol. The molecule has 3 nitrogen and oxygen atoms in total. The molecule has 0 saturated carbocycles. The quantitative estimate of drug-likeness (QED) is 0.304. The fourth-order valence-corrected chi connectivity index (χ4v) is 2.11. The van der Waals surface area contributed by atoms with Crippen LogP contribution >= 0.6 is 0 Å². The molecule has 0 aliphatic carbocycles. The van der Waals surface area contributed by atoms with Gasteiger partial charge in [0, 0.05) is 10.8 Å². The molecule has 3 aromatic rings. The lowest BCUT2D eigenvalue weighted by Gasteiger charge is -2.05. The van der Waals surface area contributed by atoms with Crippen molar-refractivity contribution in [2.75, 3.05) is 0 Å². The monoisotopic (exact) mass is 236 g/mol. The van der Waals surface area contributed by atoms with Crippen LogP contribution in [0.2, 0.25) is 0 Å². The summed E-state index contributed by atoms with van der Waals surface area (Å²) in [6.45, 7) is 1.74. The second-order valence-corrected chi connectivity index (χ2v) is 4.24. The molecular formula is C15H12N2O. The number of hydrogen-bond acceptors (Lipinski definition) is 3. The van der Waals surface area contributed by atoms with Crippen molar-refractivity contribution in [3.8, 4) is 0 Å². The Hall–Kier alpha value is -2.42. The molecule has 0 bridgehead atoms. The molecule has 0 aliphatic heterocycles. The molecule has 0 unspecified atom stereocenters. The van der Waals surface area contributed by atoms with Gasteiger partial charge in [0.15, 0.2) is 0 Å². The standard InChI is InChI=1S/C15H12N2O/c1-10(17-18)14-9-8-12-7-6-11-4-2-3-5-13(11)15(12)16-14/h2-9,18H,1H3. The van der Waals surface area contributed by atoms with E-state index in [2.05, 4.69) is 34.4 Å². The van der Waals surface area contributed by atoms with Crippen molar-refractivity contribution in [3.63, 3.8) is 0 Å². The summed E-state index contributed by atoms with van der Waals surface area (Å²) in [6, 6.07) is 16.1. The van der Waals surface area contributed by atoms with Crippen LogP contribution in [0.5, 0.6) is 0 Å². The van der Waals surface area contributed by atoms with Crippen molar-refractivity contribution in [2.24, 2.45) is 5.16 Å². The lowest BCUT2D eigenvalue weighted by Crippen LogP contribution is -1.98. The lowest BCUT2D eigenvalue weighted by molar-refractivity contribution is 0.319. The number of fused-ring (bicyclic) bond motifs is 3. The second-order valence-electron chi connectivity index (χ2n) is 4.24. The zero-order valence-corrected chi connectivity index (χ0v) is 9.96. The average molecular weight is 236 g/mol. The first-order valence-corrected chi connectivity index (χ1v) is 5.77. The molecule has 0 amide bonds. The molecule has 88 valence electrons. The predicted octanol–water partition coefficient (Wildman–Crippen LogP) is 3.59. The normalized spacial score (nSPS) is 12.2. The molecule has 0 fully saturated rings. The Labute approximate surface area is 104 Å². The SMILES string of the molecule is CC(=NO)c1ccc2ccc3ccccc3c2n1. The van der Waals surface area contributed by atoms with E-state index in [9.17, 15) is 0 Å². The molecule has 1 heterocycles. The molecule has 0 radical (unpaired) electrons. The minimum atomic E-state index is 0.518. The molecule has 0 aliphatic rings. The third-order valence-electron chi connectivity index (χ3n) is 3.11. The van der Waals surface area contributed by atoms with E-state index >= 15 is 0 Å². The van der Waals surface area contributed by atoms with Crippen LogP contribution in [-0.2, 0) is 0 Å². The molecule has 18 heavy (non-hydrogen) atoms. The second kappa shape index (κ2) is 4.11. The first-order valence-electron chi connectivity index (χ1n) is 5.77. The highest BCUT2D eigenvalue weighted by Gasteiger charge is 2.05. The zero-order valence-electron chi connectivity index (χ0n) is 9.96. The number of hydrogen-bond donors (Lipinski definition) is 1. The smallest absolute Gasteiger partial charge is 0.102 e. The number of oxime groups is 1. The fourth-order valence-electron chi connectivity index (χ4n) is 2.11. The molecule has 0 atom stereocenters. The first kappa shape index (κ1) is 10.7. The van der Waals surface area contributed by atoms with E-state index in [1.54, 1.807) is 6.92 Å². The van der Waals surface area contributed by atoms with E-state index < -0.39 is 0 Å². The largest absolute Gasteiger partial charge is 0.411 e. The summed E-state index contributed by atoms with van der Waals surface area (Å²) in [7, 11) is 0. The summed E-state index contributed by atoms with van der Waals surface area (Å²) >= 11 is 0. The third-order valence-corrected chi connectivity index (χ3v) is 3.11. The summed E-state index contributed by atoms with van der Waals surface area (Å²) in [5, 5.41) is 15.4. The van der Waals surface area contributed by atoms with Gasteiger partial charge in [0.1, 0.15) is 5.71 Å². The van der Waals surface area contributed by atoms with Crippen LogP contribution in [0.1, 0.15) is 12.6 Å². The maximum atomic E-state index is 8.82. The van der Waals surface area contributed by atoms with E-state index in [0.29, 0.717) is 11.4 Å². The van der Waals surface area contributed by atoms with E-state index in [0.717, 1.165) is 21.7 Å². The van der Waals surface area contributed by atoms with Gasteiger partial charge in [-0.2, -0.15) is 0 Å². The van der Waals surface area contributed by atoms with Crippen molar-refractivity contribution in [3.05, 3.63) is 54.2 Å². The van der Waals surface area contributed by atoms with Gasteiger partial charge in [0.25, 0.3) is 0 Å². The molecule has 1 N–H and O–H groups in total. The van der Waals surface area contributed by atoms with Crippen LogP contribution in [0, 0.1) is 0 Å². The van der Waals surface area contributed by atoms with Gasteiger partial charge in [-0.25, -0.2) is 4.98 Å². The van der Waals surface area contributed by atoms with E-state index in [-0.39, 0.29) is 0 Å². The van der Waals surface area contributed by atoms with Gasteiger partial charge in [-0.3, -0.25) is 0 Å². The Balaban J connectivity index is 2.40. The minimum absolute atomic E-state index is 0.518. The van der Waals surface area contributed by atoms with Crippen molar-refractivity contribution in [1.82, 2.24) is 4.98 Å². The number of benzene rings is 2. The molecule has 3 heteroatoms. The Morgan fingerprint density at radius 3 is 2.56 bits per heavy atom. The maximum absolute atomic E-state index is 8.82. The van der Waals surface area contributed by atoms with Crippen LogP contribution in [0.3, 0.4) is 0 Å². The number of aromatic nitrogens is 1. The predicted molar refractivity (Wildman–Crippen MR) is 73.2 cm³/mol. The molecule has 0 spiro atoms. The average Bonchev–Trinajstić information content (AvgIpc) is 2.45. The Morgan fingerprint density at radius 1 is 1.00 bits per heavy atom. The summed E-state index contributed by atoms with van der Waals surface area (Å²) < 4.78 is 0. The minimum Gasteiger partial charge on any atom is -0.411 e. The van der Waals surface area contributed by atoms with Crippen LogP contribution in [0.25, 0.3) is 21.7 Å². The fraction of sp³-hybridized carbons (Fsp3) is 0.0667. The number of rotatable bonds is 1. The third kappa shape index (κ3) is 1.61. The van der Waals surface area contributed by atoms with Gasteiger partial charge < -0.3 is 5.21 Å². The van der Waals surface area contributed by atoms with Crippen molar-refractivity contribution >= 4 is 27.4 Å². The van der Waals surface area contributed by atoms with Gasteiger partial charge in [-0.1, -0.05) is 47.6 Å². The molecule has 0 saturated heterocycles. The van der Waals surface area contributed by atoms with Crippen molar-refractivity contribution in [1.29, 1.82) is 0 Å². The molecule has 3 rings (SSSR count). The highest BCUT2D eigenvalue weighted by molar-refractivity contribution is 6.07. The lowest BCUT2D eigenvalue weighted by atomic mass is 10.1. The van der Waals surface area contributed by atoms with Crippen LogP contribution in [-0.4, -0.2) is 15.9 Å². The summed E-state index contributed by atoms with van der Waals surface area (Å²) in [4.78, 5) is 4.58. The van der Waals surface area contributed by atoms with Crippen LogP contribution < -0.4 is 0 Å². The number of pyridine rings is 1. The summed E-state index contributed by atoms with van der Waals surface area (Å²) in [5.74, 6) is 0.